The Bertz CT molecular complexity index is 296. The number of alkyl halides is 3. The monoisotopic (exact) mass is 294 g/mol. The minimum atomic E-state index is -4.47. The van der Waals surface area contributed by atoms with Crippen LogP contribution in [0.25, 0.3) is 0 Å². The second-order valence-corrected chi connectivity index (χ2v) is 4.98. The zero-order valence-corrected chi connectivity index (χ0v) is 12.4. The molecule has 0 aromatic heterocycles. The molecule has 0 N–H and O–H groups in total. The van der Waals surface area contributed by atoms with Crippen LogP contribution >= 0.6 is 0 Å². The summed E-state index contributed by atoms with van der Waals surface area (Å²) >= 11 is 0. The molecule has 0 saturated heterocycles. The molecule has 0 amide bonds. The van der Waals surface area contributed by atoms with E-state index in [1.54, 1.807) is 0 Å². The fraction of sp³-hybridized carbons (Fsp3) is 0.800. The van der Waals surface area contributed by atoms with Gasteiger partial charge in [0.05, 0.1) is 6.61 Å². The van der Waals surface area contributed by atoms with Crippen molar-refractivity contribution in [2.45, 2.75) is 71.4 Å². The molecule has 0 radical (unpaired) electrons. The molecule has 0 aliphatic rings. The van der Waals surface area contributed by atoms with Gasteiger partial charge in [0.25, 0.3) is 0 Å². The molecular weight excluding hydrogens is 269 g/mol. The van der Waals surface area contributed by atoms with Crippen molar-refractivity contribution in [1.82, 2.24) is 0 Å². The predicted molar refractivity (Wildman–Crippen MR) is 73.4 cm³/mol. The van der Waals surface area contributed by atoms with Gasteiger partial charge in [-0.15, -0.1) is 0 Å². The SMILES string of the molecule is CCCCCCCCCCOC(=O)C(C)=CC(F)(F)F. The molecule has 0 fully saturated rings. The van der Waals surface area contributed by atoms with Gasteiger partial charge in [-0.2, -0.15) is 13.2 Å². The highest BCUT2D eigenvalue weighted by Crippen LogP contribution is 2.19. The highest BCUT2D eigenvalue weighted by atomic mass is 19.4. The number of carbonyl (C=O) groups excluding carboxylic acids is 1. The smallest absolute Gasteiger partial charge is 0.410 e. The average Bonchev–Trinajstić information content (AvgIpc) is 2.34. The van der Waals surface area contributed by atoms with E-state index in [9.17, 15) is 18.0 Å². The van der Waals surface area contributed by atoms with Crippen LogP contribution in [-0.2, 0) is 9.53 Å². The van der Waals surface area contributed by atoms with Crippen molar-refractivity contribution in [2.75, 3.05) is 6.61 Å². The van der Waals surface area contributed by atoms with Gasteiger partial charge in [-0.05, 0) is 13.3 Å². The van der Waals surface area contributed by atoms with Gasteiger partial charge in [0.1, 0.15) is 0 Å². The molecule has 0 saturated carbocycles. The first-order chi connectivity index (χ1) is 9.37. The summed E-state index contributed by atoms with van der Waals surface area (Å²) in [5.41, 5.74) is -0.405. The quantitative estimate of drug-likeness (QED) is 0.315. The fourth-order valence-corrected chi connectivity index (χ4v) is 1.82. The van der Waals surface area contributed by atoms with E-state index in [0.717, 1.165) is 19.8 Å². The third-order valence-electron chi connectivity index (χ3n) is 2.93. The highest BCUT2D eigenvalue weighted by molar-refractivity contribution is 5.87. The lowest BCUT2D eigenvalue weighted by Gasteiger charge is -2.06. The molecule has 0 aromatic carbocycles. The molecular formula is C15H25F3O2. The number of halogens is 3. The summed E-state index contributed by atoms with van der Waals surface area (Å²) in [5, 5.41) is 0. The second kappa shape index (κ2) is 10.7. The zero-order valence-electron chi connectivity index (χ0n) is 12.4. The Morgan fingerprint density at radius 2 is 1.50 bits per heavy atom. The molecule has 0 aromatic rings. The summed E-state index contributed by atoms with van der Waals surface area (Å²) in [5.74, 6) is -0.884. The van der Waals surface area contributed by atoms with Crippen molar-refractivity contribution in [2.24, 2.45) is 0 Å². The Morgan fingerprint density at radius 1 is 1.00 bits per heavy atom. The summed E-state index contributed by atoms with van der Waals surface area (Å²) in [7, 11) is 0. The van der Waals surface area contributed by atoms with Crippen molar-refractivity contribution in [1.29, 1.82) is 0 Å². The zero-order chi connectivity index (χ0) is 15.4. The lowest BCUT2D eigenvalue weighted by Crippen LogP contribution is -2.11. The molecule has 2 nitrogen and oxygen atoms in total. The maximum Gasteiger partial charge on any atom is 0.410 e. The average molecular weight is 294 g/mol. The summed E-state index contributed by atoms with van der Waals surface area (Å²) in [6.07, 6.45) is 4.38. The number of hydrogen-bond acceptors (Lipinski definition) is 2. The molecule has 0 rings (SSSR count). The molecule has 0 aliphatic carbocycles. The normalized spacial score (nSPS) is 12.6. The molecule has 0 aliphatic heterocycles. The second-order valence-electron chi connectivity index (χ2n) is 4.98. The Kier molecular flexibility index (Phi) is 10.2. The number of ether oxygens (including phenoxy) is 1. The largest absolute Gasteiger partial charge is 0.462 e. The summed E-state index contributed by atoms with van der Waals surface area (Å²) in [4.78, 5) is 11.2. The van der Waals surface area contributed by atoms with E-state index >= 15 is 0 Å². The first kappa shape index (κ1) is 19.0. The van der Waals surface area contributed by atoms with Crippen LogP contribution in [0.3, 0.4) is 0 Å². The van der Waals surface area contributed by atoms with Crippen LogP contribution in [0.5, 0.6) is 0 Å². The minimum Gasteiger partial charge on any atom is -0.462 e. The lowest BCUT2D eigenvalue weighted by atomic mass is 10.1. The summed E-state index contributed by atoms with van der Waals surface area (Å²) in [6.45, 7) is 3.48. The standard InChI is InChI=1S/C15H25F3O2/c1-3-4-5-6-7-8-9-10-11-20-14(19)13(2)12-15(16,17)18/h12H,3-11H2,1-2H3. The Labute approximate surface area is 119 Å². The van der Waals surface area contributed by atoms with Gasteiger partial charge >= 0.3 is 12.1 Å². The predicted octanol–water partition coefficient (Wildman–Crippen LogP) is 5.18. The first-order valence-corrected chi connectivity index (χ1v) is 7.30. The number of carbonyl (C=O) groups is 1. The van der Waals surface area contributed by atoms with E-state index in [1.807, 2.05) is 0 Å². The van der Waals surface area contributed by atoms with Crippen LogP contribution in [0.2, 0.25) is 0 Å². The Balaban J connectivity index is 3.56. The number of hydrogen-bond donors (Lipinski definition) is 0. The molecule has 0 heterocycles. The highest BCUT2D eigenvalue weighted by Gasteiger charge is 2.25. The first-order valence-electron chi connectivity index (χ1n) is 7.30. The lowest BCUT2D eigenvalue weighted by molar-refractivity contribution is -0.139. The molecule has 0 atom stereocenters. The minimum absolute atomic E-state index is 0.0247. The number of unbranched alkanes of at least 4 members (excludes halogenated alkanes) is 7. The van der Waals surface area contributed by atoms with E-state index in [0.29, 0.717) is 6.42 Å². The van der Waals surface area contributed by atoms with Gasteiger partial charge in [0.15, 0.2) is 0 Å². The molecule has 0 bridgehead atoms. The van der Waals surface area contributed by atoms with Crippen molar-refractivity contribution < 1.29 is 22.7 Å². The van der Waals surface area contributed by atoms with Crippen molar-refractivity contribution >= 4 is 5.97 Å². The maximum atomic E-state index is 12.0. The van der Waals surface area contributed by atoms with Gasteiger partial charge in [-0.25, -0.2) is 4.79 Å². The summed E-state index contributed by atoms with van der Waals surface area (Å²) in [6, 6.07) is 0. The van der Waals surface area contributed by atoms with E-state index in [4.69, 9.17) is 4.74 Å². The van der Waals surface area contributed by atoms with Crippen molar-refractivity contribution in [3.8, 4) is 0 Å². The van der Waals surface area contributed by atoms with E-state index in [-0.39, 0.29) is 12.7 Å². The Morgan fingerprint density at radius 3 is 2.00 bits per heavy atom. The summed E-state index contributed by atoms with van der Waals surface area (Å²) < 4.78 is 40.8. The van der Waals surface area contributed by atoms with E-state index in [2.05, 4.69) is 6.92 Å². The topological polar surface area (TPSA) is 26.3 Å². The van der Waals surface area contributed by atoms with E-state index in [1.165, 1.54) is 32.1 Å². The number of esters is 1. The van der Waals surface area contributed by atoms with Crippen LogP contribution in [0.15, 0.2) is 11.6 Å². The van der Waals surface area contributed by atoms with Gasteiger partial charge in [-0.1, -0.05) is 51.9 Å². The Hall–Kier alpha value is -1.00. The fourth-order valence-electron chi connectivity index (χ4n) is 1.82. The van der Waals surface area contributed by atoms with Crippen LogP contribution in [0.4, 0.5) is 13.2 Å². The van der Waals surface area contributed by atoms with Crippen LogP contribution < -0.4 is 0 Å². The van der Waals surface area contributed by atoms with Gasteiger partial charge < -0.3 is 4.74 Å². The van der Waals surface area contributed by atoms with Crippen LogP contribution in [-0.4, -0.2) is 18.8 Å². The molecule has 20 heavy (non-hydrogen) atoms. The van der Waals surface area contributed by atoms with E-state index < -0.39 is 17.7 Å². The van der Waals surface area contributed by atoms with Gasteiger partial charge in [-0.3, -0.25) is 0 Å². The molecule has 5 heteroatoms. The maximum absolute atomic E-state index is 12.0. The number of allylic oxidation sites excluding steroid dienone is 1. The van der Waals surface area contributed by atoms with Gasteiger partial charge in [0.2, 0.25) is 0 Å². The van der Waals surface area contributed by atoms with Crippen LogP contribution in [0.1, 0.15) is 65.2 Å². The number of rotatable bonds is 10. The van der Waals surface area contributed by atoms with Crippen LogP contribution in [0, 0.1) is 0 Å². The molecule has 0 spiro atoms. The third kappa shape index (κ3) is 12.1. The van der Waals surface area contributed by atoms with Crippen molar-refractivity contribution in [3.63, 3.8) is 0 Å². The third-order valence-corrected chi connectivity index (χ3v) is 2.93. The van der Waals surface area contributed by atoms with Crippen molar-refractivity contribution in [3.05, 3.63) is 11.6 Å². The van der Waals surface area contributed by atoms with Gasteiger partial charge in [0, 0.05) is 11.6 Å². The molecule has 118 valence electrons. The molecule has 0 unspecified atom stereocenters.